The van der Waals surface area contributed by atoms with Crippen molar-refractivity contribution in [2.75, 3.05) is 17.3 Å². The van der Waals surface area contributed by atoms with Gasteiger partial charge in [-0.2, -0.15) is 5.10 Å². The highest BCUT2D eigenvalue weighted by atomic mass is 16.2. The molecule has 6 heteroatoms. The lowest BCUT2D eigenvalue weighted by Crippen LogP contribution is -2.45. The molecule has 1 aromatic carbocycles. The molecule has 0 saturated carbocycles. The first-order valence-corrected chi connectivity index (χ1v) is 6.77. The van der Waals surface area contributed by atoms with Gasteiger partial charge in [0.15, 0.2) is 0 Å². The first kappa shape index (κ1) is 12.1. The van der Waals surface area contributed by atoms with Crippen LogP contribution in [-0.2, 0) is 15.0 Å². The number of anilines is 2. The predicted molar refractivity (Wildman–Crippen MR) is 77.2 cm³/mol. The van der Waals surface area contributed by atoms with Crippen molar-refractivity contribution in [3.8, 4) is 0 Å². The molecule has 1 atom stereocenters. The highest BCUT2D eigenvalue weighted by Crippen LogP contribution is 2.51. The normalized spacial score (nSPS) is 23.2. The molecule has 0 fully saturated rings. The topological polar surface area (TPSA) is 78.1 Å². The molecule has 2 aromatic rings. The predicted octanol–water partition coefficient (Wildman–Crippen LogP) is 1.32. The highest BCUT2D eigenvalue weighted by molar-refractivity contribution is 6.15. The van der Waals surface area contributed by atoms with Gasteiger partial charge in [0, 0.05) is 24.7 Å². The monoisotopic (exact) mass is 282 g/mol. The first-order valence-electron chi connectivity index (χ1n) is 6.77. The van der Waals surface area contributed by atoms with E-state index in [1.165, 1.54) is 0 Å². The van der Waals surface area contributed by atoms with Crippen molar-refractivity contribution in [2.45, 2.75) is 18.8 Å². The summed E-state index contributed by atoms with van der Waals surface area (Å²) in [6.45, 7) is 1.98. The van der Waals surface area contributed by atoms with Gasteiger partial charge in [0.1, 0.15) is 11.2 Å². The van der Waals surface area contributed by atoms with Gasteiger partial charge in [0.25, 0.3) is 0 Å². The van der Waals surface area contributed by atoms with Crippen LogP contribution in [0.5, 0.6) is 0 Å². The standard InChI is InChI=1S/C15H14N4O2/c1-8-3-4-11-9(5-8)15(14(21)19(11)2)6-12(20)17-13-10(15)7-16-18-13/h3-5,7H,6H2,1-2H3,(H2,16,17,18,20)/t15-/m1/s1. The van der Waals surface area contributed by atoms with Crippen molar-refractivity contribution in [3.63, 3.8) is 0 Å². The molecule has 2 N–H and O–H groups in total. The lowest BCUT2D eigenvalue weighted by molar-refractivity contribution is -0.126. The second kappa shape index (κ2) is 3.72. The van der Waals surface area contributed by atoms with Crippen LogP contribution in [0.25, 0.3) is 0 Å². The molecule has 0 unspecified atom stereocenters. The number of amides is 2. The molecule has 106 valence electrons. The van der Waals surface area contributed by atoms with E-state index in [1.54, 1.807) is 18.1 Å². The van der Waals surface area contributed by atoms with Crippen molar-refractivity contribution in [1.82, 2.24) is 10.2 Å². The fraction of sp³-hybridized carbons (Fsp3) is 0.267. The van der Waals surface area contributed by atoms with Gasteiger partial charge < -0.3 is 10.2 Å². The van der Waals surface area contributed by atoms with Crippen LogP contribution in [0.15, 0.2) is 24.4 Å². The van der Waals surface area contributed by atoms with Crippen molar-refractivity contribution >= 4 is 23.3 Å². The van der Waals surface area contributed by atoms with Crippen LogP contribution in [0, 0.1) is 6.92 Å². The zero-order valence-electron chi connectivity index (χ0n) is 11.7. The van der Waals surface area contributed by atoms with Crippen LogP contribution in [0.1, 0.15) is 23.1 Å². The van der Waals surface area contributed by atoms with E-state index in [-0.39, 0.29) is 18.2 Å². The summed E-state index contributed by atoms with van der Waals surface area (Å²) in [4.78, 5) is 26.7. The Balaban J connectivity index is 2.08. The molecule has 21 heavy (non-hydrogen) atoms. The van der Waals surface area contributed by atoms with Gasteiger partial charge in [-0.1, -0.05) is 17.7 Å². The van der Waals surface area contributed by atoms with Crippen molar-refractivity contribution < 1.29 is 9.59 Å². The summed E-state index contributed by atoms with van der Waals surface area (Å²) in [6, 6.07) is 5.90. The third-order valence-corrected chi connectivity index (χ3v) is 4.43. The molecule has 0 bridgehead atoms. The molecule has 2 aliphatic rings. The van der Waals surface area contributed by atoms with Crippen molar-refractivity contribution in [1.29, 1.82) is 0 Å². The van der Waals surface area contributed by atoms with Crippen LogP contribution in [0.2, 0.25) is 0 Å². The molecular weight excluding hydrogens is 268 g/mol. The summed E-state index contributed by atoms with van der Waals surface area (Å²) in [5.74, 6) is 0.255. The number of rotatable bonds is 0. The highest BCUT2D eigenvalue weighted by Gasteiger charge is 2.55. The number of aromatic amines is 1. The zero-order chi connectivity index (χ0) is 14.8. The Hall–Kier alpha value is -2.63. The number of carbonyl (C=O) groups excluding carboxylic acids is 2. The number of H-pyrrole nitrogens is 1. The maximum Gasteiger partial charge on any atom is 0.242 e. The van der Waals surface area contributed by atoms with E-state index in [2.05, 4.69) is 15.5 Å². The summed E-state index contributed by atoms with van der Waals surface area (Å²) in [7, 11) is 1.75. The fourth-order valence-corrected chi connectivity index (χ4v) is 3.45. The van der Waals surface area contributed by atoms with E-state index in [9.17, 15) is 9.59 Å². The van der Waals surface area contributed by atoms with Gasteiger partial charge in [-0.05, 0) is 18.6 Å². The summed E-state index contributed by atoms with van der Waals surface area (Å²) >= 11 is 0. The van der Waals surface area contributed by atoms with E-state index in [1.807, 2.05) is 25.1 Å². The minimum atomic E-state index is -0.958. The molecule has 0 radical (unpaired) electrons. The van der Waals surface area contributed by atoms with Gasteiger partial charge in [0.05, 0.1) is 6.20 Å². The summed E-state index contributed by atoms with van der Waals surface area (Å²) in [5, 5.41) is 9.51. The van der Waals surface area contributed by atoms with E-state index >= 15 is 0 Å². The molecule has 0 saturated heterocycles. The number of fused-ring (bicyclic) bond motifs is 4. The third-order valence-electron chi connectivity index (χ3n) is 4.43. The average molecular weight is 282 g/mol. The smallest absolute Gasteiger partial charge is 0.242 e. The van der Waals surface area contributed by atoms with Crippen LogP contribution < -0.4 is 10.2 Å². The minimum Gasteiger partial charge on any atom is -0.314 e. The number of hydrogen-bond donors (Lipinski definition) is 2. The number of likely N-dealkylation sites (N-methyl/N-ethyl adjacent to an activating group) is 1. The lowest BCUT2D eigenvalue weighted by atomic mass is 9.71. The van der Waals surface area contributed by atoms with Crippen molar-refractivity contribution in [3.05, 3.63) is 41.1 Å². The Bertz CT molecular complexity index is 795. The van der Waals surface area contributed by atoms with Gasteiger partial charge in [0.2, 0.25) is 11.8 Å². The third kappa shape index (κ3) is 1.34. The molecule has 4 rings (SSSR count). The Morgan fingerprint density at radius 3 is 2.90 bits per heavy atom. The fourth-order valence-electron chi connectivity index (χ4n) is 3.45. The van der Waals surface area contributed by atoms with Crippen LogP contribution >= 0.6 is 0 Å². The number of benzene rings is 1. The number of carbonyl (C=O) groups is 2. The Morgan fingerprint density at radius 2 is 2.10 bits per heavy atom. The number of nitrogens with zero attached hydrogens (tertiary/aromatic N) is 2. The number of hydrogen-bond acceptors (Lipinski definition) is 3. The van der Waals surface area contributed by atoms with Gasteiger partial charge in [-0.3, -0.25) is 14.7 Å². The summed E-state index contributed by atoms with van der Waals surface area (Å²) < 4.78 is 0. The molecular formula is C15H14N4O2. The first-order chi connectivity index (χ1) is 10.0. The summed E-state index contributed by atoms with van der Waals surface area (Å²) in [6.07, 6.45) is 1.75. The van der Waals surface area contributed by atoms with E-state index in [0.29, 0.717) is 5.82 Å². The molecule has 2 aliphatic heterocycles. The van der Waals surface area contributed by atoms with E-state index in [0.717, 1.165) is 22.4 Å². The average Bonchev–Trinajstić information content (AvgIpc) is 2.99. The largest absolute Gasteiger partial charge is 0.314 e. The van der Waals surface area contributed by atoms with Gasteiger partial charge in [-0.25, -0.2) is 0 Å². The van der Waals surface area contributed by atoms with Gasteiger partial charge >= 0.3 is 0 Å². The second-order valence-corrected chi connectivity index (χ2v) is 5.67. The molecule has 2 amide bonds. The number of aryl methyl sites for hydroxylation is 1. The maximum absolute atomic E-state index is 13.0. The minimum absolute atomic E-state index is 0.0828. The lowest BCUT2D eigenvalue weighted by Gasteiger charge is -2.31. The molecule has 6 nitrogen and oxygen atoms in total. The van der Waals surface area contributed by atoms with Crippen LogP contribution in [-0.4, -0.2) is 29.1 Å². The van der Waals surface area contributed by atoms with E-state index < -0.39 is 5.41 Å². The molecule has 1 aromatic heterocycles. The summed E-state index contributed by atoms with van der Waals surface area (Å²) in [5.41, 5.74) is 2.58. The Kier molecular flexibility index (Phi) is 2.15. The van der Waals surface area contributed by atoms with Crippen LogP contribution in [0.3, 0.4) is 0 Å². The zero-order valence-corrected chi connectivity index (χ0v) is 11.7. The Morgan fingerprint density at radius 1 is 1.29 bits per heavy atom. The quantitative estimate of drug-likeness (QED) is 0.765. The van der Waals surface area contributed by atoms with Gasteiger partial charge in [-0.15, -0.1) is 0 Å². The SMILES string of the molecule is Cc1ccc2c(c1)[C@@]1(CC(=O)Nc3[nH]ncc31)C(=O)N2C. The Labute approximate surface area is 121 Å². The van der Waals surface area contributed by atoms with E-state index in [4.69, 9.17) is 0 Å². The van der Waals surface area contributed by atoms with Crippen LogP contribution in [0.4, 0.5) is 11.5 Å². The van der Waals surface area contributed by atoms with Crippen molar-refractivity contribution in [2.24, 2.45) is 0 Å². The molecule has 3 heterocycles. The molecule has 1 spiro atoms. The number of nitrogens with one attached hydrogen (secondary N) is 2. The maximum atomic E-state index is 13.0. The molecule has 0 aliphatic carbocycles. The second-order valence-electron chi connectivity index (χ2n) is 5.67. The number of aromatic nitrogens is 2.